The monoisotopic (exact) mass is 310 g/mol. The first-order chi connectivity index (χ1) is 10.4. The van der Waals surface area contributed by atoms with Gasteiger partial charge in [-0.1, -0.05) is 6.07 Å². The van der Waals surface area contributed by atoms with E-state index in [4.69, 9.17) is 9.47 Å². The summed E-state index contributed by atoms with van der Waals surface area (Å²) >= 11 is 0. The van der Waals surface area contributed by atoms with Crippen molar-refractivity contribution < 1.29 is 34.7 Å². The Morgan fingerprint density at radius 2 is 2.05 bits per heavy atom. The van der Waals surface area contributed by atoms with Crippen molar-refractivity contribution in [3.8, 4) is 11.5 Å². The zero-order chi connectivity index (χ0) is 16.3. The zero-order valence-corrected chi connectivity index (χ0v) is 11.9. The van der Waals surface area contributed by atoms with Crippen LogP contribution in [0.2, 0.25) is 0 Å². The first-order valence-corrected chi connectivity index (χ1v) is 6.77. The Morgan fingerprint density at radius 3 is 2.73 bits per heavy atom. The molecule has 2 rings (SSSR count). The summed E-state index contributed by atoms with van der Waals surface area (Å²) in [5, 5.41) is 37.9. The Kier molecular flexibility index (Phi) is 5.02. The van der Waals surface area contributed by atoms with Gasteiger partial charge in [0.25, 0.3) is 0 Å². The van der Waals surface area contributed by atoms with Crippen LogP contribution >= 0.6 is 0 Å². The van der Waals surface area contributed by atoms with Gasteiger partial charge in [0.2, 0.25) is 0 Å². The van der Waals surface area contributed by atoms with Crippen LogP contribution in [0.3, 0.4) is 0 Å². The lowest BCUT2D eigenvalue weighted by atomic mass is 10.0. The van der Waals surface area contributed by atoms with Crippen LogP contribution in [-0.4, -0.2) is 57.4 Å². The van der Waals surface area contributed by atoms with Gasteiger partial charge in [-0.05, 0) is 30.7 Å². The maximum Gasteiger partial charge on any atom is 0.331 e. The topological polar surface area (TPSA) is 116 Å². The summed E-state index contributed by atoms with van der Waals surface area (Å²) < 4.78 is 10.3. The van der Waals surface area contributed by atoms with E-state index in [9.17, 15) is 25.2 Å². The van der Waals surface area contributed by atoms with E-state index in [1.807, 2.05) is 0 Å². The second-order valence-corrected chi connectivity index (χ2v) is 5.08. The molecule has 0 unspecified atom stereocenters. The Balaban J connectivity index is 1.99. The number of benzene rings is 1. The maximum atomic E-state index is 11.8. The fourth-order valence-electron chi connectivity index (χ4n) is 2.09. The largest absolute Gasteiger partial charge is 0.504 e. The van der Waals surface area contributed by atoms with Crippen molar-refractivity contribution in [1.29, 1.82) is 0 Å². The summed E-state index contributed by atoms with van der Waals surface area (Å²) in [6, 6.07) is 4.07. The van der Waals surface area contributed by atoms with Gasteiger partial charge in [0, 0.05) is 6.08 Å². The molecule has 0 radical (unpaired) electrons. The summed E-state index contributed by atoms with van der Waals surface area (Å²) in [5.41, 5.74) is 0.487. The van der Waals surface area contributed by atoms with Crippen molar-refractivity contribution >= 4 is 12.0 Å². The molecule has 0 saturated carbocycles. The van der Waals surface area contributed by atoms with E-state index in [0.29, 0.717) is 5.56 Å². The summed E-state index contributed by atoms with van der Waals surface area (Å²) in [6.45, 7) is 1.62. The van der Waals surface area contributed by atoms with Gasteiger partial charge < -0.3 is 29.9 Å². The lowest BCUT2D eigenvalue weighted by Crippen LogP contribution is -2.53. The maximum absolute atomic E-state index is 11.8. The fraction of sp³-hybridized carbons (Fsp3) is 0.400. The van der Waals surface area contributed by atoms with E-state index < -0.39 is 30.4 Å². The van der Waals surface area contributed by atoms with Crippen molar-refractivity contribution in [2.75, 3.05) is 6.61 Å². The first kappa shape index (κ1) is 16.3. The molecule has 22 heavy (non-hydrogen) atoms. The Labute approximate surface area is 127 Å². The number of rotatable bonds is 3. The molecular weight excluding hydrogens is 292 g/mol. The number of aliphatic hydroxyl groups is 2. The van der Waals surface area contributed by atoms with Crippen LogP contribution in [-0.2, 0) is 14.3 Å². The SMILES string of the molecule is C[C@H]1OC[C@H](O)[C@@H](O)[C@@H]1OC(=O)C=Cc1ccc(O)c(O)c1. The summed E-state index contributed by atoms with van der Waals surface area (Å²) in [5.74, 6) is -1.28. The lowest BCUT2D eigenvalue weighted by Gasteiger charge is -2.35. The molecule has 4 N–H and O–H groups in total. The molecule has 0 amide bonds. The van der Waals surface area contributed by atoms with Gasteiger partial charge in [0.15, 0.2) is 17.6 Å². The highest BCUT2D eigenvalue weighted by atomic mass is 16.6. The molecule has 0 aromatic heterocycles. The van der Waals surface area contributed by atoms with E-state index in [-0.39, 0.29) is 18.1 Å². The van der Waals surface area contributed by atoms with Gasteiger partial charge in [0.05, 0.1) is 12.7 Å². The van der Waals surface area contributed by atoms with Gasteiger partial charge in [-0.2, -0.15) is 0 Å². The number of phenols is 2. The van der Waals surface area contributed by atoms with Crippen LogP contribution in [0.4, 0.5) is 0 Å². The normalized spacial score (nSPS) is 28.7. The number of phenolic OH excluding ortho intramolecular Hbond substituents is 2. The third kappa shape index (κ3) is 3.76. The van der Waals surface area contributed by atoms with Crippen molar-refractivity contribution in [2.45, 2.75) is 31.3 Å². The first-order valence-electron chi connectivity index (χ1n) is 6.77. The molecule has 1 aromatic carbocycles. The summed E-state index contributed by atoms with van der Waals surface area (Å²) in [6.07, 6.45) is -1.31. The van der Waals surface area contributed by atoms with E-state index in [2.05, 4.69) is 0 Å². The van der Waals surface area contributed by atoms with Crippen molar-refractivity contribution in [3.63, 3.8) is 0 Å². The molecular formula is C15H18O7. The highest BCUT2D eigenvalue weighted by Crippen LogP contribution is 2.25. The van der Waals surface area contributed by atoms with Crippen LogP contribution in [0.25, 0.3) is 6.08 Å². The molecule has 1 aromatic rings. The van der Waals surface area contributed by atoms with E-state index in [1.54, 1.807) is 6.92 Å². The predicted molar refractivity (Wildman–Crippen MR) is 76.1 cm³/mol. The molecule has 4 atom stereocenters. The lowest BCUT2D eigenvalue weighted by molar-refractivity contribution is -0.201. The average Bonchev–Trinajstić information content (AvgIpc) is 2.49. The van der Waals surface area contributed by atoms with Crippen LogP contribution in [0, 0.1) is 0 Å². The zero-order valence-electron chi connectivity index (χ0n) is 11.9. The van der Waals surface area contributed by atoms with Crippen molar-refractivity contribution in [3.05, 3.63) is 29.8 Å². The van der Waals surface area contributed by atoms with Crippen LogP contribution < -0.4 is 0 Å². The minimum Gasteiger partial charge on any atom is -0.504 e. The van der Waals surface area contributed by atoms with E-state index in [1.165, 1.54) is 24.3 Å². The molecule has 0 bridgehead atoms. The second kappa shape index (κ2) is 6.78. The average molecular weight is 310 g/mol. The van der Waals surface area contributed by atoms with Gasteiger partial charge in [-0.15, -0.1) is 0 Å². The molecule has 0 aliphatic carbocycles. The number of aliphatic hydroxyl groups excluding tert-OH is 2. The fourth-order valence-corrected chi connectivity index (χ4v) is 2.09. The highest BCUT2D eigenvalue weighted by Gasteiger charge is 2.38. The molecule has 7 heteroatoms. The standard InChI is InChI=1S/C15H18O7/c1-8-15(14(20)12(18)7-21-8)22-13(19)5-3-9-2-4-10(16)11(17)6-9/h2-6,8,12,14-18,20H,7H2,1H3/t8-,12+,14-,15-/m1/s1. The predicted octanol–water partition coefficient (Wildman–Crippen LogP) is 0.163. The number of carbonyl (C=O) groups is 1. The molecule has 0 spiro atoms. The molecule has 1 heterocycles. The minimum absolute atomic E-state index is 0.0149. The number of hydrogen-bond donors (Lipinski definition) is 4. The van der Waals surface area contributed by atoms with Gasteiger partial charge in [-0.25, -0.2) is 4.79 Å². The molecule has 1 saturated heterocycles. The van der Waals surface area contributed by atoms with Crippen molar-refractivity contribution in [2.24, 2.45) is 0 Å². The van der Waals surface area contributed by atoms with E-state index >= 15 is 0 Å². The molecule has 1 aliphatic heterocycles. The van der Waals surface area contributed by atoms with Crippen LogP contribution in [0.5, 0.6) is 11.5 Å². The molecule has 120 valence electrons. The van der Waals surface area contributed by atoms with Crippen molar-refractivity contribution in [1.82, 2.24) is 0 Å². The van der Waals surface area contributed by atoms with E-state index in [0.717, 1.165) is 6.08 Å². The molecule has 1 fully saturated rings. The highest BCUT2D eigenvalue weighted by molar-refractivity contribution is 5.87. The summed E-state index contributed by atoms with van der Waals surface area (Å²) in [7, 11) is 0. The smallest absolute Gasteiger partial charge is 0.331 e. The van der Waals surface area contributed by atoms with Gasteiger partial charge >= 0.3 is 5.97 Å². The minimum atomic E-state index is -1.21. The number of aromatic hydroxyl groups is 2. The van der Waals surface area contributed by atoms with Gasteiger partial charge in [0.1, 0.15) is 12.2 Å². The number of carbonyl (C=O) groups excluding carboxylic acids is 1. The number of ether oxygens (including phenoxy) is 2. The van der Waals surface area contributed by atoms with Crippen LogP contribution in [0.1, 0.15) is 12.5 Å². The second-order valence-electron chi connectivity index (χ2n) is 5.08. The van der Waals surface area contributed by atoms with Gasteiger partial charge in [-0.3, -0.25) is 0 Å². The third-order valence-electron chi connectivity index (χ3n) is 3.39. The molecule has 1 aliphatic rings. The number of hydrogen-bond acceptors (Lipinski definition) is 7. The van der Waals surface area contributed by atoms with Crippen LogP contribution in [0.15, 0.2) is 24.3 Å². The Bertz CT molecular complexity index is 569. The Morgan fingerprint density at radius 1 is 1.32 bits per heavy atom. The summed E-state index contributed by atoms with van der Waals surface area (Å²) in [4.78, 5) is 11.8. The quantitative estimate of drug-likeness (QED) is 0.357. The Hall–Kier alpha value is -2.09. The molecule has 7 nitrogen and oxygen atoms in total. The number of esters is 1. The third-order valence-corrected chi connectivity index (χ3v) is 3.39.